The van der Waals surface area contributed by atoms with E-state index < -0.39 is 11.7 Å². The maximum absolute atomic E-state index is 13.4. The molecule has 0 saturated heterocycles. The van der Waals surface area contributed by atoms with Gasteiger partial charge in [0.2, 0.25) is 5.91 Å². The van der Waals surface area contributed by atoms with Gasteiger partial charge >= 0.3 is 0 Å². The monoisotopic (exact) mass is 286 g/mol. The highest BCUT2D eigenvalue weighted by Gasteiger charge is 2.16. The van der Waals surface area contributed by atoms with Gasteiger partial charge in [-0.2, -0.15) is 0 Å². The van der Waals surface area contributed by atoms with Crippen molar-refractivity contribution < 1.29 is 14.0 Å². The average molecular weight is 287 g/mol. The van der Waals surface area contributed by atoms with Crippen molar-refractivity contribution in [3.63, 3.8) is 0 Å². The second-order valence-corrected chi connectivity index (χ2v) is 4.39. The minimum absolute atomic E-state index is 0.0175. The van der Waals surface area contributed by atoms with E-state index in [1.807, 2.05) is 6.92 Å². The van der Waals surface area contributed by atoms with Crippen molar-refractivity contribution in [1.82, 2.24) is 10.6 Å². The average Bonchev–Trinajstić information content (AvgIpc) is 2.36. The summed E-state index contributed by atoms with van der Waals surface area (Å²) < 4.78 is 13.4. The molecule has 0 aliphatic heterocycles. The summed E-state index contributed by atoms with van der Waals surface area (Å²) in [4.78, 5) is 23.1. The van der Waals surface area contributed by atoms with Crippen LogP contribution in [0.4, 0.5) is 4.39 Å². The minimum Gasteiger partial charge on any atom is -0.355 e. The summed E-state index contributed by atoms with van der Waals surface area (Å²) in [7, 11) is 0. The summed E-state index contributed by atoms with van der Waals surface area (Å²) in [6.07, 6.45) is 1.84. The molecule has 1 aromatic carbocycles. The molecule has 1 rings (SSSR count). The number of nitrogens with one attached hydrogen (secondary N) is 2. The van der Waals surface area contributed by atoms with E-state index in [2.05, 4.69) is 10.6 Å². The van der Waals surface area contributed by atoms with E-state index in [1.54, 1.807) is 0 Å². The van der Waals surface area contributed by atoms with Crippen LogP contribution in [0.1, 0.15) is 30.1 Å². The number of unbranched alkanes of at least 4 members (excludes halogenated alkanes) is 1. The molecule has 2 amide bonds. The fourth-order valence-corrected chi connectivity index (χ4v) is 1.68. The molecule has 19 heavy (non-hydrogen) atoms. The minimum atomic E-state index is -0.712. The van der Waals surface area contributed by atoms with E-state index in [0.29, 0.717) is 6.54 Å². The predicted molar refractivity (Wildman–Crippen MR) is 71.7 cm³/mol. The highest BCUT2D eigenvalue weighted by molar-refractivity contribution is 6.33. The van der Waals surface area contributed by atoms with E-state index in [9.17, 15) is 14.0 Å². The Bertz CT molecular complexity index is 446. The summed E-state index contributed by atoms with van der Waals surface area (Å²) in [6.45, 7) is 2.37. The third kappa shape index (κ3) is 4.87. The first-order valence-electron chi connectivity index (χ1n) is 6.05. The van der Waals surface area contributed by atoms with Crippen LogP contribution in [0.3, 0.4) is 0 Å². The third-order valence-corrected chi connectivity index (χ3v) is 2.77. The van der Waals surface area contributed by atoms with Gasteiger partial charge in [-0.25, -0.2) is 4.39 Å². The van der Waals surface area contributed by atoms with Crippen LogP contribution >= 0.6 is 11.6 Å². The molecule has 0 spiro atoms. The second kappa shape index (κ2) is 7.74. The lowest BCUT2D eigenvalue weighted by molar-refractivity contribution is -0.120. The van der Waals surface area contributed by atoms with Gasteiger partial charge in [-0.15, -0.1) is 0 Å². The fraction of sp³-hybridized carbons (Fsp3) is 0.385. The Morgan fingerprint density at radius 2 is 2.05 bits per heavy atom. The molecule has 0 radical (unpaired) electrons. The normalized spacial score (nSPS) is 10.1. The Hall–Kier alpha value is -1.62. The molecular weight excluding hydrogens is 271 g/mol. The summed E-state index contributed by atoms with van der Waals surface area (Å²) in [5.41, 5.74) is -0.245. The van der Waals surface area contributed by atoms with Crippen LogP contribution in [0.25, 0.3) is 0 Å². The van der Waals surface area contributed by atoms with Crippen LogP contribution in [0, 0.1) is 5.82 Å². The standard InChI is InChI=1S/C13H16ClFN2O2/c1-2-3-7-16-11(18)8-17-13(19)12-9(14)5-4-6-10(12)15/h4-6H,2-3,7-8H2,1H3,(H,16,18)(H,17,19). The quantitative estimate of drug-likeness (QED) is 0.787. The zero-order chi connectivity index (χ0) is 14.3. The van der Waals surface area contributed by atoms with Gasteiger partial charge in [0.15, 0.2) is 0 Å². The van der Waals surface area contributed by atoms with Crippen LogP contribution < -0.4 is 10.6 Å². The highest BCUT2D eigenvalue weighted by atomic mass is 35.5. The number of amides is 2. The van der Waals surface area contributed by atoms with Gasteiger partial charge in [-0.05, 0) is 18.6 Å². The molecule has 0 aliphatic carbocycles. The van der Waals surface area contributed by atoms with Crippen molar-refractivity contribution in [2.45, 2.75) is 19.8 Å². The van der Waals surface area contributed by atoms with Crippen LogP contribution in [0.2, 0.25) is 5.02 Å². The van der Waals surface area contributed by atoms with E-state index in [0.717, 1.165) is 18.9 Å². The fourth-order valence-electron chi connectivity index (χ4n) is 1.43. The smallest absolute Gasteiger partial charge is 0.256 e. The molecule has 1 aromatic rings. The van der Waals surface area contributed by atoms with Gasteiger partial charge in [0.1, 0.15) is 5.82 Å². The van der Waals surface area contributed by atoms with Gasteiger partial charge in [0.05, 0.1) is 17.1 Å². The Kier molecular flexibility index (Phi) is 6.29. The first-order valence-corrected chi connectivity index (χ1v) is 6.43. The van der Waals surface area contributed by atoms with Gasteiger partial charge in [-0.1, -0.05) is 31.0 Å². The number of hydrogen-bond donors (Lipinski definition) is 2. The molecule has 104 valence electrons. The summed E-state index contributed by atoms with van der Waals surface area (Å²) >= 11 is 5.74. The Balaban J connectivity index is 2.49. The SMILES string of the molecule is CCCCNC(=O)CNC(=O)c1c(F)cccc1Cl. The number of carbonyl (C=O) groups excluding carboxylic acids is 2. The van der Waals surface area contributed by atoms with E-state index in [1.165, 1.54) is 12.1 Å². The first-order chi connectivity index (χ1) is 9.06. The lowest BCUT2D eigenvalue weighted by atomic mass is 10.2. The Morgan fingerprint density at radius 3 is 2.68 bits per heavy atom. The van der Waals surface area contributed by atoms with Gasteiger partial charge < -0.3 is 10.6 Å². The number of carbonyl (C=O) groups is 2. The second-order valence-electron chi connectivity index (χ2n) is 3.98. The third-order valence-electron chi connectivity index (χ3n) is 2.45. The molecule has 0 atom stereocenters. The van der Waals surface area contributed by atoms with Crippen molar-refractivity contribution in [2.75, 3.05) is 13.1 Å². The van der Waals surface area contributed by atoms with Crippen molar-refractivity contribution >= 4 is 23.4 Å². The van der Waals surface area contributed by atoms with Crippen LogP contribution in [0.15, 0.2) is 18.2 Å². The lowest BCUT2D eigenvalue weighted by Crippen LogP contribution is -2.37. The van der Waals surface area contributed by atoms with Crippen LogP contribution in [-0.4, -0.2) is 24.9 Å². The number of hydrogen-bond acceptors (Lipinski definition) is 2. The summed E-state index contributed by atoms with van der Waals surface area (Å²) in [5.74, 6) is -1.72. The molecule has 0 unspecified atom stereocenters. The topological polar surface area (TPSA) is 58.2 Å². The van der Waals surface area contributed by atoms with E-state index in [-0.39, 0.29) is 23.0 Å². The first kappa shape index (κ1) is 15.4. The number of benzene rings is 1. The molecule has 0 aromatic heterocycles. The lowest BCUT2D eigenvalue weighted by Gasteiger charge is -2.08. The van der Waals surface area contributed by atoms with E-state index in [4.69, 9.17) is 11.6 Å². The summed E-state index contributed by atoms with van der Waals surface area (Å²) in [6, 6.07) is 3.97. The Labute approximate surface area is 116 Å². The highest BCUT2D eigenvalue weighted by Crippen LogP contribution is 2.18. The van der Waals surface area contributed by atoms with E-state index >= 15 is 0 Å². The van der Waals surface area contributed by atoms with Crippen molar-refractivity contribution in [3.05, 3.63) is 34.6 Å². The molecule has 0 aliphatic rings. The molecule has 2 N–H and O–H groups in total. The van der Waals surface area contributed by atoms with Crippen molar-refractivity contribution in [1.29, 1.82) is 0 Å². The zero-order valence-corrected chi connectivity index (χ0v) is 11.4. The van der Waals surface area contributed by atoms with Crippen LogP contribution in [-0.2, 0) is 4.79 Å². The predicted octanol–water partition coefficient (Wildman–Crippen LogP) is 2.13. The molecule has 4 nitrogen and oxygen atoms in total. The van der Waals surface area contributed by atoms with Crippen LogP contribution in [0.5, 0.6) is 0 Å². The van der Waals surface area contributed by atoms with Gasteiger partial charge in [-0.3, -0.25) is 9.59 Å². The molecule has 0 bridgehead atoms. The number of rotatable bonds is 6. The zero-order valence-electron chi connectivity index (χ0n) is 10.6. The molecule has 6 heteroatoms. The maximum Gasteiger partial charge on any atom is 0.256 e. The van der Waals surface area contributed by atoms with Gasteiger partial charge in [0, 0.05) is 6.54 Å². The molecular formula is C13H16ClFN2O2. The molecule has 0 saturated carbocycles. The largest absolute Gasteiger partial charge is 0.355 e. The number of halogens is 2. The van der Waals surface area contributed by atoms with Gasteiger partial charge in [0.25, 0.3) is 5.91 Å². The Morgan fingerprint density at radius 1 is 1.32 bits per heavy atom. The molecule has 0 fully saturated rings. The summed E-state index contributed by atoms with van der Waals surface area (Å²) in [5, 5.41) is 4.99. The molecule has 0 heterocycles. The maximum atomic E-state index is 13.4. The van der Waals surface area contributed by atoms with Crippen molar-refractivity contribution in [3.8, 4) is 0 Å². The van der Waals surface area contributed by atoms with Crippen molar-refractivity contribution in [2.24, 2.45) is 0 Å².